The minimum absolute atomic E-state index is 0.0869. The maximum Gasteiger partial charge on any atom is 0.238 e. The van der Waals surface area contributed by atoms with E-state index in [-0.39, 0.29) is 10.9 Å². The van der Waals surface area contributed by atoms with Gasteiger partial charge in [0.15, 0.2) is 0 Å². The molecule has 0 aliphatic rings. The Morgan fingerprint density at radius 2 is 1.75 bits per heavy atom. The van der Waals surface area contributed by atoms with Gasteiger partial charge in [0.1, 0.15) is 17.0 Å². The van der Waals surface area contributed by atoms with E-state index in [2.05, 4.69) is 32.8 Å². The van der Waals surface area contributed by atoms with Crippen molar-refractivity contribution in [2.24, 2.45) is 5.14 Å². The molecule has 6 nitrogen and oxygen atoms in total. The fourth-order valence-corrected chi connectivity index (χ4v) is 4.48. The van der Waals surface area contributed by atoms with Crippen molar-refractivity contribution in [3.8, 4) is 11.1 Å². The zero-order chi connectivity index (χ0) is 19.7. The highest BCUT2D eigenvalue weighted by atomic mass is 32.2. The smallest absolute Gasteiger partial charge is 0.238 e. The lowest BCUT2D eigenvalue weighted by Gasteiger charge is -2.16. The monoisotopic (exact) mass is 410 g/mol. The Balaban J connectivity index is 1.69. The summed E-state index contributed by atoms with van der Waals surface area (Å²) in [4.78, 5) is 9.85. The van der Waals surface area contributed by atoms with Crippen LogP contribution in [-0.2, 0) is 10.0 Å². The number of benzene rings is 2. The molecule has 0 aliphatic heterocycles. The molecule has 0 spiro atoms. The number of nitrogens with two attached hydrogens (primary N) is 1. The number of sulfonamides is 1. The third-order valence-electron chi connectivity index (χ3n) is 4.52. The first-order chi connectivity index (χ1) is 13.4. The number of primary sulfonamides is 1. The topological polar surface area (TPSA) is 98.0 Å². The molecule has 4 aromatic rings. The van der Waals surface area contributed by atoms with Crippen LogP contribution in [0, 0.1) is 0 Å². The first kappa shape index (κ1) is 18.5. The third-order valence-corrected chi connectivity index (χ3v) is 6.33. The van der Waals surface area contributed by atoms with Gasteiger partial charge in [0.05, 0.1) is 10.3 Å². The van der Waals surface area contributed by atoms with Crippen LogP contribution in [0.4, 0.5) is 5.82 Å². The maximum atomic E-state index is 11.4. The lowest BCUT2D eigenvalue weighted by molar-refractivity contribution is 0.597. The van der Waals surface area contributed by atoms with Crippen molar-refractivity contribution in [2.75, 3.05) is 5.32 Å². The Kier molecular flexibility index (Phi) is 4.84. The summed E-state index contributed by atoms with van der Waals surface area (Å²) in [6.07, 6.45) is 1.55. The van der Waals surface area contributed by atoms with Crippen LogP contribution in [0.1, 0.15) is 18.5 Å². The summed E-state index contributed by atoms with van der Waals surface area (Å²) in [5, 5.41) is 11.7. The summed E-state index contributed by atoms with van der Waals surface area (Å²) in [6.45, 7) is 1.99. The van der Waals surface area contributed by atoms with Gasteiger partial charge in [-0.25, -0.2) is 23.5 Å². The molecule has 0 fully saturated rings. The van der Waals surface area contributed by atoms with Crippen molar-refractivity contribution in [3.05, 3.63) is 71.9 Å². The zero-order valence-corrected chi connectivity index (χ0v) is 16.7. The van der Waals surface area contributed by atoms with Crippen LogP contribution >= 0.6 is 11.3 Å². The number of anilines is 1. The predicted molar refractivity (Wildman–Crippen MR) is 113 cm³/mol. The summed E-state index contributed by atoms with van der Waals surface area (Å²) in [5.74, 6) is 0.744. The van der Waals surface area contributed by atoms with Gasteiger partial charge in [-0.2, -0.15) is 0 Å². The van der Waals surface area contributed by atoms with E-state index in [0.29, 0.717) is 0 Å². The Bertz CT molecular complexity index is 1220. The predicted octanol–water partition coefficient (Wildman–Crippen LogP) is 4.18. The number of hydrogen-bond donors (Lipinski definition) is 2. The van der Waals surface area contributed by atoms with E-state index >= 15 is 0 Å². The van der Waals surface area contributed by atoms with Crippen LogP contribution in [0.3, 0.4) is 0 Å². The Labute approximate surface area is 167 Å². The van der Waals surface area contributed by atoms with E-state index in [4.69, 9.17) is 5.14 Å². The fraction of sp³-hybridized carbons (Fsp3) is 0.100. The molecule has 1 unspecified atom stereocenters. The molecule has 142 valence electrons. The highest BCUT2D eigenvalue weighted by Gasteiger charge is 2.16. The fourth-order valence-electron chi connectivity index (χ4n) is 3.05. The minimum atomic E-state index is -3.70. The van der Waals surface area contributed by atoms with Crippen LogP contribution in [-0.4, -0.2) is 18.4 Å². The van der Waals surface area contributed by atoms with E-state index in [1.807, 2.05) is 25.1 Å². The van der Waals surface area contributed by atoms with E-state index in [9.17, 15) is 8.42 Å². The summed E-state index contributed by atoms with van der Waals surface area (Å²) < 4.78 is 22.9. The van der Waals surface area contributed by atoms with Gasteiger partial charge in [0.25, 0.3) is 0 Å². The second-order valence-corrected chi connectivity index (χ2v) is 8.82. The minimum Gasteiger partial charge on any atom is -0.363 e. The summed E-state index contributed by atoms with van der Waals surface area (Å²) in [5.41, 5.74) is 3.12. The van der Waals surface area contributed by atoms with Gasteiger partial charge in [0, 0.05) is 17.0 Å². The largest absolute Gasteiger partial charge is 0.363 e. The van der Waals surface area contributed by atoms with Gasteiger partial charge < -0.3 is 5.32 Å². The zero-order valence-electron chi connectivity index (χ0n) is 15.0. The number of nitrogens with one attached hydrogen (secondary N) is 1. The van der Waals surface area contributed by atoms with Crippen LogP contribution < -0.4 is 10.5 Å². The van der Waals surface area contributed by atoms with Gasteiger partial charge in [-0.05, 0) is 30.2 Å². The molecule has 4 rings (SSSR count). The molecular weight excluding hydrogens is 392 g/mol. The Morgan fingerprint density at radius 1 is 1.04 bits per heavy atom. The molecular formula is C20H18N4O2S2. The van der Waals surface area contributed by atoms with Gasteiger partial charge in [0.2, 0.25) is 10.0 Å². The molecule has 0 amide bonds. The van der Waals surface area contributed by atoms with Crippen molar-refractivity contribution in [2.45, 2.75) is 17.9 Å². The molecule has 3 N–H and O–H groups in total. The van der Waals surface area contributed by atoms with Crippen molar-refractivity contribution in [3.63, 3.8) is 0 Å². The lowest BCUT2D eigenvalue weighted by atomic mass is 10.1. The van der Waals surface area contributed by atoms with Crippen molar-refractivity contribution < 1.29 is 8.42 Å². The molecule has 0 saturated carbocycles. The van der Waals surface area contributed by atoms with Gasteiger partial charge in [-0.1, -0.05) is 42.5 Å². The Morgan fingerprint density at radius 3 is 2.43 bits per heavy atom. The van der Waals surface area contributed by atoms with E-state index in [0.717, 1.165) is 32.7 Å². The molecule has 0 bridgehead atoms. The molecule has 2 aromatic carbocycles. The highest BCUT2D eigenvalue weighted by molar-refractivity contribution is 7.89. The van der Waals surface area contributed by atoms with E-state index < -0.39 is 10.0 Å². The first-order valence-electron chi connectivity index (χ1n) is 8.60. The number of aromatic nitrogens is 2. The highest BCUT2D eigenvalue weighted by Crippen LogP contribution is 2.37. The van der Waals surface area contributed by atoms with Crippen LogP contribution in [0.25, 0.3) is 21.3 Å². The summed E-state index contributed by atoms with van der Waals surface area (Å²) in [7, 11) is -3.70. The first-order valence-corrected chi connectivity index (χ1v) is 11.0. The normalized spacial score (nSPS) is 12.8. The second kappa shape index (κ2) is 7.31. The lowest BCUT2D eigenvalue weighted by Crippen LogP contribution is -2.13. The Hall–Kier alpha value is -2.81. The van der Waals surface area contributed by atoms with Crippen LogP contribution in [0.5, 0.6) is 0 Å². The van der Waals surface area contributed by atoms with Gasteiger partial charge in [-0.3, -0.25) is 0 Å². The molecule has 1 atom stereocenters. The van der Waals surface area contributed by atoms with Crippen molar-refractivity contribution >= 4 is 37.4 Å². The SMILES string of the molecule is CC(Nc1ncnc2scc(-c3ccccc3)c12)c1ccc(S(N)(=O)=O)cc1. The third kappa shape index (κ3) is 3.62. The number of rotatable bonds is 5. The van der Waals surface area contributed by atoms with E-state index in [1.54, 1.807) is 29.8 Å². The number of nitrogens with zero attached hydrogens (tertiary/aromatic N) is 2. The van der Waals surface area contributed by atoms with E-state index in [1.165, 1.54) is 12.1 Å². The quantitative estimate of drug-likeness (QED) is 0.514. The average molecular weight is 411 g/mol. The molecule has 28 heavy (non-hydrogen) atoms. The van der Waals surface area contributed by atoms with Crippen LogP contribution in [0.2, 0.25) is 0 Å². The van der Waals surface area contributed by atoms with Gasteiger partial charge >= 0.3 is 0 Å². The van der Waals surface area contributed by atoms with Gasteiger partial charge in [-0.15, -0.1) is 11.3 Å². The molecule has 2 aromatic heterocycles. The van der Waals surface area contributed by atoms with Crippen molar-refractivity contribution in [1.29, 1.82) is 0 Å². The van der Waals surface area contributed by atoms with Crippen LogP contribution in [0.15, 0.2) is 71.2 Å². The molecule has 0 radical (unpaired) electrons. The second-order valence-electron chi connectivity index (χ2n) is 6.40. The number of fused-ring (bicyclic) bond motifs is 1. The van der Waals surface area contributed by atoms with Crippen molar-refractivity contribution in [1.82, 2.24) is 9.97 Å². The molecule has 2 heterocycles. The number of hydrogen-bond acceptors (Lipinski definition) is 6. The molecule has 0 saturated heterocycles. The summed E-state index contributed by atoms with van der Waals surface area (Å²) >= 11 is 1.58. The standard InChI is InChI=1S/C20H18N4O2S2/c1-13(14-7-9-16(10-8-14)28(21,25)26)24-19-18-17(15-5-3-2-4-6-15)11-27-20(18)23-12-22-19/h2-13H,1H3,(H2,21,25,26)(H,22,23,24). The summed E-state index contributed by atoms with van der Waals surface area (Å²) in [6, 6.07) is 16.6. The molecule has 8 heteroatoms. The average Bonchev–Trinajstić information content (AvgIpc) is 3.13. The number of thiophene rings is 1. The molecule has 0 aliphatic carbocycles. The maximum absolute atomic E-state index is 11.4.